The first kappa shape index (κ1) is 13.5. The second-order valence-corrected chi connectivity index (χ2v) is 5.09. The Morgan fingerprint density at radius 1 is 1.06 bits per heavy atom. The Labute approximate surface area is 116 Å². The summed E-state index contributed by atoms with van der Waals surface area (Å²) in [7, 11) is 0. The Morgan fingerprint density at radius 3 is 2.44 bits per heavy atom. The first-order valence-corrected chi connectivity index (χ1v) is 6.23. The van der Waals surface area contributed by atoms with Crippen molar-refractivity contribution in [2.75, 3.05) is 0 Å². The zero-order chi connectivity index (χ0) is 13.3. The number of aliphatic hydroxyl groups is 1. The minimum absolute atomic E-state index is 0.203. The quantitative estimate of drug-likeness (QED) is 0.860. The van der Waals surface area contributed by atoms with Crippen molar-refractivity contribution in [3.05, 3.63) is 68.7 Å². The van der Waals surface area contributed by atoms with E-state index in [2.05, 4.69) is 15.9 Å². The Balaban J connectivity index is 2.47. The summed E-state index contributed by atoms with van der Waals surface area (Å²) in [5.74, 6) is -1.00. The number of halogens is 4. The van der Waals surface area contributed by atoms with Gasteiger partial charge in [0.2, 0.25) is 0 Å². The molecule has 0 aliphatic heterocycles. The lowest BCUT2D eigenvalue weighted by molar-refractivity contribution is 0.219. The minimum atomic E-state index is -1.18. The number of aliphatic hydroxyl groups excluding tert-OH is 1. The van der Waals surface area contributed by atoms with Crippen LogP contribution in [0.1, 0.15) is 17.2 Å². The van der Waals surface area contributed by atoms with E-state index in [9.17, 15) is 13.9 Å². The van der Waals surface area contributed by atoms with E-state index in [-0.39, 0.29) is 10.6 Å². The summed E-state index contributed by atoms with van der Waals surface area (Å²) in [6, 6.07) is 7.67. The molecule has 0 radical (unpaired) electrons. The zero-order valence-corrected chi connectivity index (χ0v) is 11.3. The number of rotatable bonds is 2. The largest absolute Gasteiger partial charge is 0.384 e. The molecular weight excluding hydrogens is 325 g/mol. The van der Waals surface area contributed by atoms with Crippen molar-refractivity contribution in [3.8, 4) is 0 Å². The maximum Gasteiger partial charge on any atom is 0.124 e. The summed E-state index contributed by atoms with van der Waals surface area (Å²) in [5, 5.41) is 10.3. The van der Waals surface area contributed by atoms with Crippen LogP contribution in [0.2, 0.25) is 5.02 Å². The minimum Gasteiger partial charge on any atom is -0.384 e. The van der Waals surface area contributed by atoms with Crippen molar-refractivity contribution in [2.45, 2.75) is 6.10 Å². The lowest BCUT2D eigenvalue weighted by atomic mass is 10.0. The van der Waals surface area contributed by atoms with Gasteiger partial charge in [-0.15, -0.1) is 0 Å². The lowest BCUT2D eigenvalue weighted by Crippen LogP contribution is -2.02. The molecule has 2 aromatic rings. The van der Waals surface area contributed by atoms with Crippen LogP contribution < -0.4 is 0 Å². The maximum atomic E-state index is 13.2. The first-order valence-electron chi connectivity index (χ1n) is 5.06. The lowest BCUT2D eigenvalue weighted by Gasteiger charge is -2.13. The van der Waals surface area contributed by atoms with E-state index in [4.69, 9.17) is 11.6 Å². The molecule has 2 rings (SSSR count). The van der Waals surface area contributed by atoms with Crippen LogP contribution in [-0.4, -0.2) is 5.11 Å². The third-order valence-corrected chi connectivity index (χ3v) is 3.26. The van der Waals surface area contributed by atoms with Crippen molar-refractivity contribution < 1.29 is 13.9 Å². The summed E-state index contributed by atoms with van der Waals surface area (Å²) in [5.41, 5.74) is 0.503. The normalized spacial score (nSPS) is 12.5. The van der Waals surface area contributed by atoms with Gasteiger partial charge in [0.1, 0.15) is 17.7 Å². The van der Waals surface area contributed by atoms with Gasteiger partial charge in [0.25, 0.3) is 0 Å². The highest BCUT2D eigenvalue weighted by molar-refractivity contribution is 9.10. The van der Waals surface area contributed by atoms with Gasteiger partial charge in [-0.3, -0.25) is 0 Å². The van der Waals surface area contributed by atoms with Crippen molar-refractivity contribution in [3.63, 3.8) is 0 Å². The van der Waals surface area contributed by atoms with E-state index in [0.717, 1.165) is 6.07 Å². The van der Waals surface area contributed by atoms with Gasteiger partial charge in [-0.1, -0.05) is 27.5 Å². The molecule has 94 valence electrons. The van der Waals surface area contributed by atoms with Gasteiger partial charge >= 0.3 is 0 Å². The van der Waals surface area contributed by atoms with E-state index in [1.165, 1.54) is 24.3 Å². The third-order valence-electron chi connectivity index (χ3n) is 2.45. The molecule has 2 aromatic carbocycles. The summed E-state index contributed by atoms with van der Waals surface area (Å²) in [6.07, 6.45) is -1.18. The average molecular weight is 334 g/mol. The smallest absolute Gasteiger partial charge is 0.124 e. The molecule has 18 heavy (non-hydrogen) atoms. The topological polar surface area (TPSA) is 20.2 Å². The van der Waals surface area contributed by atoms with Crippen LogP contribution in [0.25, 0.3) is 0 Å². The maximum absolute atomic E-state index is 13.2. The van der Waals surface area contributed by atoms with Gasteiger partial charge < -0.3 is 5.11 Å². The molecule has 0 spiro atoms. The van der Waals surface area contributed by atoms with Crippen LogP contribution in [-0.2, 0) is 0 Å². The highest BCUT2D eigenvalue weighted by Crippen LogP contribution is 2.30. The first-order chi connectivity index (χ1) is 8.47. The van der Waals surface area contributed by atoms with Gasteiger partial charge in [-0.05, 0) is 42.0 Å². The molecule has 0 aromatic heterocycles. The highest BCUT2D eigenvalue weighted by atomic mass is 79.9. The zero-order valence-electron chi connectivity index (χ0n) is 9.00. The molecule has 0 amide bonds. The Morgan fingerprint density at radius 2 is 1.78 bits per heavy atom. The van der Waals surface area contributed by atoms with Gasteiger partial charge in [0.15, 0.2) is 0 Å². The van der Waals surface area contributed by atoms with E-state index < -0.39 is 17.7 Å². The van der Waals surface area contributed by atoms with Crippen molar-refractivity contribution in [1.82, 2.24) is 0 Å². The molecule has 0 aliphatic rings. The molecule has 1 atom stereocenters. The molecule has 0 heterocycles. The van der Waals surface area contributed by atoms with Gasteiger partial charge in [0, 0.05) is 15.1 Å². The van der Waals surface area contributed by atoms with Crippen LogP contribution >= 0.6 is 27.5 Å². The molecule has 0 fully saturated rings. The van der Waals surface area contributed by atoms with Crippen LogP contribution in [0.4, 0.5) is 8.78 Å². The van der Waals surface area contributed by atoms with Crippen LogP contribution in [0.5, 0.6) is 0 Å². The fourth-order valence-electron chi connectivity index (χ4n) is 1.64. The van der Waals surface area contributed by atoms with E-state index in [1.807, 2.05) is 0 Å². The van der Waals surface area contributed by atoms with E-state index in [1.54, 1.807) is 6.07 Å². The summed E-state index contributed by atoms with van der Waals surface area (Å²) in [4.78, 5) is 0. The van der Waals surface area contributed by atoms with Crippen molar-refractivity contribution >= 4 is 27.5 Å². The third kappa shape index (κ3) is 2.88. The van der Waals surface area contributed by atoms with Crippen LogP contribution in [0.15, 0.2) is 40.9 Å². The fourth-order valence-corrected chi connectivity index (χ4v) is 2.34. The highest BCUT2D eigenvalue weighted by Gasteiger charge is 2.16. The molecular formula is C13H8BrClF2O. The standard InChI is InChI=1S/C13H8BrClF2O/c14-8-3-7(4-10(17)5-8)13(18)11-6-9(16)1-2-12(11)15/h1-6,13,18H. The Kier molecular flexibility index (Phi) is 4.00. The van der Waals surface area contributed by atoms with Crippen molar-refractivity contribution in [2.24, 2.45) is 0 Å². The van der Waals surface area contributed by atoms with Crippen LogP contribution in [0, 0.1) is 11.6 Å². The molecule has 1 nitrogen and oxygen atoms in total. The Hall–Kier alpha value is -0.970. The number of hydrogen-bond acceptors (Lipinski definition) is 1. The van der Waals surface area contributed by atoms with Crippen LogP contribution in [0.3, 0.4) is 0 Å². The predicted molar refractivity (Wildman–Crippen MR) is 69.6 cm³/mol. The predicted octanol–water partition coefficient (Wildman–Crippen LogP) is 4.46. The molecule has 0 aliphatic carbocycles. The molecule has 1 unspecified atom stereocenters. The van der Waals surface area contributed by atoms with Gasteiger partial charge in [-0.2, -0.15) is 0 Å². The molecule has 0 saturated heterocycles. The SMILES string of the molecule is OC(c1cc(F)cc(Br)c1)c1cc(F)ccc1Cl. The average Bonchev–Trinajstić information content (AvgIpc) is 2.30. The summed E-state index contributed by atoms with van der Waals surface area (Å²) in [6.45, 7) is 0. The Bertz CT molecular complexity index is 569. The molecule has 5 heteroatoms. The van der Waals surface area contributed by atoms with Crippen molar-refractivity contribution in [1.29, 1.82) is 0 Å². The second kappa shape index (κ2) is 5.34. The molecule has 0 saturated carbocycles. The molecule has 0 bridgehead atoms. The number of hydrogen-bond donors (Lipinski definition) is 1. The summed E-state index contributed by atoms with van der Waals surface area (Å²) >= 11 is 9.02. The number of benzene rings is 2. The van der Waals surface area contributed by atoms with E-state index >= 15 is 0 Å². The summed E-state index contributed by atoms with van der Waals surface area (Å²) < 4.78 is 26.9. The second-order valence-electron chi connectivity index (χ2n) is 3.77. The van der Waals surface area contributed by atoms with Gasteiger partial charge in [0.05, 0.1) is 0 Å². The van der Waals surface area contributed by atoms with Gasteiger partial charge in [-0.25, -0.2) is 8.78 Å². The fraction of sp³-hybridized carbons (Fsp3) is 0.0769. The molecule has 1 N–H and O–H groups in total. The monoisotopic (exact) mass is 332 g/mol. The van der Waals surface area contributed by atoms with E-state index in [0.29, 0.717) is 10.0 Å².